The molecule has 0 saturated heterocycles. The van der Waals surface area contributed by atoms with E-state index in [1.54, 1.807) is 7.11 Å². The highest BCUT2D eigenvalue weighted by Gasteiger charge is 2.04. The number of hydrogen-bond donors (Lipinski definition) is 1. The molecule has 0 aliphatic rings. The maximum absolute atomic E-state index is 5.19. The number of aryl methyl sites for hydroxylation is 1. The van der Waals surface area contributed by atoms with Gasteiger partial charge in [0.05, 0.1) is 7.11 Å². The van der Waals surface area contributed by atoms with E-state index in [1.165, 1.54) is 0 Å². The van der Waals surface area contributed by atoms with Crippen LogP contribution >= 0.6 is 0 Å². The van der Waals surface area contributed by atoms with Crippen LogP contribution < -0.4 is 10.1 Å². The average Bonchev–Trinajstić information content (AvgIpc) is 2.40. The van der Waals surface area contributed by atoms with Crippen molar-refractivity contribution >= 4 is 11.6 Å². The Bertz CT molecular complexity index is 500. The smallest absolute Gasteiger partial charge is 0.230 e. The van der Waals surface area contributed by atoms with Crippen LogP contribution in [0.2, 0.25) is 0 Å². The summed E-state index contributed by atoms with van der Waals surface area (Å²) >= 11 is 0. The number of aromatic nitrogens is 2. The van der Waals surface area contributed by atoms with Crippen molar-refractivity contribution in [3.05, 3.63) is 42.1 Å². The van der Waals surface area contributed by atoms with Gasteiger partial charge in [-0.25, -0.2) is 4.98 Å². The molecule has 0 bridgehead atoms. The monoisotopic (exact) mass is 243 g/mol. The molecular weight excluding hydrogens is 226 g/mol. The summed E-state index contributed by atoms with van der Waals surface area (Å²) in [5.74, 6) is 1.16. The van der Waals surface area contributed by atoms with E-state index < -0.39 is 0 Å². The Morgan fingerprint density at radius 3 is 2.61 bits per heavy atom. The first-order valence-electron chi connectivity index (χ1n) is 6.06. The fourth-order valence-corrected chi connectivity index (χ4v) is 1.67. The number of nitrogens with zero attached hydrogens (tertiary/aromatic N) is 2. The van der Waals surface area contributed by atoms with Crippen molar-refractivity contribution in [1.29, 1.82) is 0 Å². The quantitative estimate of drug-likeness (QED) is 0.876. The Hall–Kier alpha value is -2.10. The number of para-hydroxylation sites is 1. The molecule has 0 unspecified atom stereocenters. The summed E-state index contributed by atoms with van der Waals surface area (Å²) < 4.78 is 5.19. The Morgan fingerprint density at radius 1 is 1.17 bits per heavy atom. The molecule has 0 aliphatic carbocycles. The highest BCUT2D eigenvalue weighted by atomic mass is 16.5. The molecule has 18 heavy (non-hydrogen) atoms. The third-order valence-electron chi connectivity index (χ3n) is 2.50. The van der Waals surface area contributed by atoms with Crippen molar-refractivity contribution in [3.63, 3.8) is 0 Å². The lowest BCUT2D eigenvalue weighted by Gasteiger charge is -2.08. The van der Waals surface area contributed by atoms with E-state index in [0.717, 1.165) is 24.2 Å². The Balaban J connectivity index is 2.24. The second-order valence-electron chi connectivity index (χ2n) is 3.97. The maximum atomic E-state index is 5.19. The van der Waals surface area contributed by atoms with E-state index in [2.05, 4.69) is 22.2 Å². The van der Waals surface area contributed by atoms with E-state index in [0.29, 0.717) is 11.8 Å². The first kappa shape index (κ1) is 12.4. The zero-order valence-electron chi connectivity index (χ0n) is 10.7. The summed E-state index contributed by atoms with van der Waals surface area (Å²) in [7, 11) is 1.62. The molecule has 1 aromatic heterocycles. The molecule has 2 rings (SSSR count). The van der Waals surface area contributed by atoms with Gasteiger partial charge in [0.1, 0.15) is 0 Å². The van der Waals surface area contributed by atoms with E-state index in [1.807, 2.05) is 36.4 Å². The molecule has 0 fully saturated rings. The number of methoxy groups -OCH3 is 1. The van der Waals surface area contributed by atoms with Crippen LogP contribution in [-0.2, 0) is 6.42 Å². The molecule has 0 spiro atoms. The van der Waals surface area contributed by atoms with Crippen molar-refractivity contribution < 1.29 is 4.74 Å². The minimum Gasteiger partial charge on any atom is -0.481 e. The van der Waals surface area contributed by atoms with Crippen LogP contribution in [0.4, 0.5) is 11.6 Å². The van der Waals surface area contributed by atoms with Gasteiger partial charge in [-0.2, -0.15) is 4.98 Å². The third-order valence-corrected chi connectivity index (χ3v) is 2.50. The zero-order valence-corrected chi connectivity index (χ0v) is 10.7. The van der Waals surface area contributed by atoms with Gasteiger partial charge in [0.2, 0.25) is 11.8 Å². The molecule has 1 aromatic carbocycles. The van der Waals surface area contributed by atoms with Gasteiger partial charge in [0.15, 0.2) is 0 Å². The minimum absolute atomic E-state index is 0.573. The lowest BCUT2D eigenvalue weighted by molar-refractivity contribution is 0.396. The summed E-state index contributed by atoms with van der Waals surface area (Å²) in [6.45, 7) is 2.12. The van der Waals surface area contributed by atoms with E-state index in [-0.39, 0.29) is 0 Å². The standard InChI is InChI=1S/C14H17N3O/c1-3-7-12-10-13(18-2)17-14(16-12)15-11-8-5-4-6-9-11/h4-6,8-10H,3,7H2,1-2H3,(H,15,16,17). The van der Waals surface area contributed by atoms with Gasteiger partial charge in [0, 0.05) is 17.4 Å². The fraction of sp³-hybridized carbons (Fsp3) is 0.286. The topological polar surface area (TPSA) is 47.0 Å². The summed E-state index contributed by atoms with van der Waals surface area (Å²) in [5, 5.41) is 3.18. The van der Waals surface area contributed by atoms with Crippen LogP contribution in [0.5, 0.6) is 5.88 Å². The summed E-state index contributed by atoms with van der Waals surface area (Å²) in [6.07, 6.45) is 1.97. The van der Waals surface area contributed by atoms with E-state index in [4.69, 9.17) is 4.74 Å². The molecule has 4 nitrogen and oxygen atoms in total. The average molecular weight is 243 g/mol. The highest BCUT2D eigenvalue weighted by molar-refractivity contribution is 5.53. The van der Waals surface area contributed by atoms with Gasteiger partial charge >= 0.3 is 0 Å². The zero-order chi connectivity index (χ0) is 12.8. The molecule has 1 N–H and O–H groups in total. The van der Waals surface area contributed by atoms with E-state index >= 15 is 0 Å². The normalized spacial score (nSPS) is 10.1. The molecule has 1 heterocycles. The number of nitrogens with one attached hydrogen (secondary N) is 1. The number of ether oxygens (including phenoxy) is 1. The van der Waals surface area contributed by atoms with Gasteiger partial charge in [-0.3, -0.25) is 0 Å². The van der Waals surface area contributed by atoms with Crippen LogP contribution in [0.1, 0.15) is 19.0 Å². The van der Waals surface area contributed by atoms with Gasteiger partial charge in [-0.05, 0) is 18.6 Å². The predicted molar refractivity (Wildman–Crippen MR) is 72.3 cm³/mol. The number of rotatable bonds is 5. The molecule has 0 aliphatic heterocycles. The lowest BCUT2D eigenvalue weighted by Crippen LogP contribution is -2.02. The molecule has 2 aromatic rings. The third kappa shape index (κ3) is 3.20. The van der Waals surface area contributed by atoms with Crippen LogP contribution in [-0.4, -0.2) is 17.1 Å². The van der Waals surface area contributed by atoms with Crippen LogP contribution in [0.25, 0.3) is 0 Å². The second-order valence-corrected chi connectivity index (χ2v) is 3.97. The number of hydrogen-bond acceptors (Lipinski definition) is 4. The molecule has 0 atom stereocenters. The molecular formula is C14H17N3O. The number of anilines is 2. The van der Waals surface area contributed by atoms with Crippen molar-refractivity contribution in [2.24, 2.45) is 0 Å². The molecule has 0 amide bonds. The maximum Gasteiger partial charge on any atom is 0.230 e. The van der Waals surface area contributed by atoms with Gasteiger partial charge in [0.25, 0.3) is 0 Å². The summed E-state index contributed by atoms with van der Waals surface area (Å²) in [6, 6.07) is 11.7. The predicted octanol–water partition coefficient (Wildman–Crippen LogP) is 3.18. The largest absolute Gasteiger partial charge is 0.481 e. The van der Waals surface area contributed by atoms with Gasteiger partial charge in [-0.1, -0.05) is 31.5 Å². The van der Waals surface area contributed by atoms with Gasteiger partial charge in [-0.15, -0.1) is 0 Å². The first-order chi connectivity index (χ1) is 8.81. The molecule has 0 saturated carbocycles. The fourth-order valence-electron chi connectivity index (χ4n) is 1.67. The molecule has 94 valence electrons. The Morgan fingerprint density at radius 2 is 1.94 bits per heavy atom. The van der Waals surface area contributed by atoms with Crippen molar-refractivity contribution in [1.82, 2.24) is 9.97 Å². The van der Waals surface area contributed by atoms with Crippen molar-refractivity contribution in [2.45, 2.75) is 19.8 Å². The Kier molecular flexibility index (Phi) is 4.12. The minimum atomic E-state index is 0.573. The molecule has 0 radical (unpaired) electrons. The first-order valence-corrected chi connectivity index (χ1v) is 6.06. The lowest BCUT2D eigenvalue weighted by atomic mass is 10.2. The Labute approximate surface area is 107 Å². The second kappa shape index (κ2) is 6.00. The van der Waals surface area contributed by atoms with Crippen LogP contribution in [0, 0.1) is 0 Å². The van der Waals surface area contributed by atoms with Crippen LogP contribution in [0.3, 0.4) is 0 Å². The molecule has 4 heteroatoms. The van der Waals surface area contributed by atoms with E-state index in [9.17, 15) is 0 Å². The summed E-state index contributed by atoms with van der Waals surface area (Å²) in [4.78, 5) is 8.75. The highest BCUT2D eigenvalue weighted by Crippen LogP contribution is 2.17. The summed E-state index contributed by atoms with van der Waals surface area (Å²) in [5.41, 5.74) is 1.95. The number of benzene rings is 1. The van der Waals surface area contributed by atoms with Crippen LogP contribution in [0.15, 0.2) is 36.4 Å². The van der Waals surface area contributed by atoms with Gasteiger partial charge < -0.3 is 10.1 Å². The SMILES string of the molecule is CCCc1cc(OC)nc(Nc2ccccc2)n1. The van der Waals surface area contributed by atoms with Crippen molar-refractivity contribution in [2.75, 3.05) is 12.4 Å². The van der Waals surface area contributed by atoms with Crippen molar-refractivity contribution in [3.8, 4) is 5.88 Å².